The lowest BCUT2D eigenvalue weighted by molar-refractivity contribution is 0.0845. The summed E-state index contributed by atoms with van der Waals surface area (Å²) in [6.07, 6.45) is 2.03. The molecule has 2 heteroatoms. The molecule has 2 nitrogen and oxygen atoms in total. The smallest absolute Gasteiger partial charge is 0.0332 e. The maximum atomic E-state index is 6.59. The highest BCUT2D eigenvalue weighted by atomic mass is 15.2. The predicted molar refractivity (Wildman–Crippen MR) is 89.2 cm³/mol. The summed E-state index contributed by atoms with van der Waals surface area (Å²) < 4.78 is 0. The van der Waals surface area contributed by atoms with E-state index in [1.807, 2.05) is 0 Å². The van der Waals surface area contributed by atoms with Crippen molar-refractivity contribution in [1.82, 2.24) is 4.90 Å². The summed E-state index contributed by atoms with van der Waals surface area (Å²) in [4.78, 5) is 2.50. The third-order valence-corrected chi connectivity index (χ3v) is 5.03. The standard InChI is InChI=1S/C18H32N2/c1-7-18(6,20(8-2)9-3)17(19)13-16-11-10-14(4)15(5)12-16/h10-12,17H,7-9,13,19H2,1-6H3. The molecule has 0 saturated carbocycles. The fraction of sp³-hybridized carbons (Fsp3) is 0.667. The first kappa shape index (κ1) is 17.2. The van der Waals surface area contributed by atoms with Gasteiger partial charge < -0.3 is 5.73 Å². The normalized spacial score (nSPS) is 16.2. The first-order valence-electron chi connectivity index (χ1n) is 7.95. The molecule has 2 N–H and O–H groups in total. The van der Waals surface area contributed by atoms with Crippen LogP contribution in [0.25, 0.3) is 0 Å². The van der Waals surface area contributed by atoms with Gasteiger partial charge in [-0.15, -0.1) is 0 Å². The molecule has 1 rings (SSSR count). The van der Waals surface area contributed by atoms with Gasteiger partial charge in [-0.1, -0.05) is 39.0 Å². The topological polar surface area (TPSA) is 29.3 Å². The highest BCUT2D eigenvalue weighted by Gasteiger charge is 2.34. The molecule has 0 fully saturated rings. The molecule has 0 radical (unpaired) electrons. The molecule has 0 amide bonds. The van der Waals surface area contributed by atoms with Gasteiger partial charge in [-0.25, -0.2) is 0 Å². The van der Waals surface area contributed by atoms with Crippen LogP contribution in [0, 0.1) is 13.8 Å². The van der Waals surface area contributed by atoms with Crippen LogP contribution >= 0.6 is 0 Å². The lowest BCUT2D eigenvalue weighted by atomic mass is 9.83. The van der Waals surface area contributed by atoms with Crippen molar-refractivity contribution in [3.8, 4) is 0 Å². The summed E-state index contributed by atoms with van der Waals surface area (Å²) in [5.41, 5.74) is 10.7. The number of nitrogens with zero attached hydrogens (tertiary/aromatic N) is 1. The van der Waals surface area contributed by atoms with E-state index in [4.69, 9.17) is 5.73 Å². The van der Waals surface area contributed by atoms with Crippen LogP contribution in [-0.2, 0) is 6.42 Å². The van der Waals surface area contributed by atoms with Crippen LogP contribution in [0.15, 0.2) is 18.2 Å². The van der Waals surface area contributed by atoms with E-state index in [9.17, 15) is 0 Å². The third kappa shape index (κ3) is 3.62. The molecular weight excluding hydrogens is 244 g/mol. The Morgan fingerprint density at radius 3 is 2.15 bits per heavy atom. The Hall–Kier alpha value is -0.860. The third-order valence-electron chi connectivity index (χ3n) is 5.03. The van der Waals surface area contributed by atoms with Gasteiger partial charge in [0, 0.05) is 11.6 Å². The van der Waals surface area contributed by atoms with Gasteiger partial charge in [0.2, 0.25) is 0 Å². The lowest BCUT2D eigenvalue weighted by Crippen LogP contribution is -2.58. The average Bonchev–Trinajstić information content (AvgIpc) is 2.43. The largest absolute Gasteiger partial charge is 0.326 e. The maximum absolute atomic E-state index is 6.59. The number of aryl methyl sites for hydroxylation is 2. The van der Waals surface area contributed by atoms with E-state index in [0.717, 1.165) is 25.9 Å². The van der Waals surface area contributed by atoms with Gasteiger partial charge in [0.05, 0.1) is 0 Å². The molecular formula is C18H32N2. The van der Waals surface area contributed by atoms with E-state index in [0.29, 0.717) is 0 Å². The molecule has 0 aliphatic heterocycles. The van der Waals surface area contributed by atoms with E-state index in [1.54, 1.807) is 0 Å². The second kappa shape index (κ2) is 7.24. The van der Waals surface area contributed by atoms with Crippen LogP contribution < -0.4 is 5.73 Å². The molecule has 1 aromatic carbocycles. The zero-order valence-corrected chi connectivity index (χ0v) is 14.2. The van der Waals surface area contributed by atoms with Crippen LogP contribution in [0.5, 0.6) is 0 Å². The Morgan fingerprint density at radius 1 is 1.10 bits per heavy atom. The fourth-order valence-electron chi connectivity index (χ4n) is 3.07. The van der Waals surface area contributed by atoms with Crippen molar-refractivity contribution in [2.24, 2.45) is 5.73 Å². The van der Waals surface area contributed by atoms with Crippen molar-refractivity contribution in [2.75, 3.05) is 13.1 Å². The van der Waals surface area contributed by atoms with Crippen molar-refractivity contribution in [2.45, 2.75) is 66.0 Å². The number of rotatable bonds is 7. The van der Waals surface area contributed by atoms with Crippen molar-refractivity contribution in [3.05, 3.63) is 34.9 Å². The van der Waals surface area contributed by atoms with Gasteiger partial charge in [0.1, 0.15) is 0 Å². The second-order valence-corrected chi connectivity index (χ2v) is 6.11. The summed E-state index contributed by atoms with van der Waals surface area (Å²) in [7, 11) is 0. The molecule has 0 saturated heterocycles. The molecule has 0 aromatic heterocycles. The molecule has 2 atom stereocenters. The minimum atomic E-state index is 0.0717. The number of hydrogen-bond donors (Lipinski definition) is 1. The summed E-state index contributed by atoms with van der Waals surface area (Å²) in [5.74, 6) is 0. The van der Waals surface area contributed by atoms with Gasteiger partial charge in [-0.2, -0.15) is 0 Å². The van der Waals surface area contributed by atoms with Crippen LogP contribution in [-0.4, -0.2) is 29.6 Å². The van der Waals surface area contributed by atoms with E-state index < -0.39 is 0 Å². The summed E-state index contributed by atoms with van der Waals surface area (Å²) >= 11 is 0. The summed E-state index contributed by atoms with van der Waals surface area (Å²) in [6.45, 7) is 15.5. The van der Waals surface area contributed by atoms with Crippen molar-refractivity contribution >= 4 is 0 Å². The Morgan fingerprint density at radius 2 is 1.70 bits per heavy atom. The zero-order valence-electron chi connectivity index (χ0n) is 14.2. The van der Waals surface area contributed by atoms with Crippen LogP contribution in [0.1, 0.15) is 50.8 Å². The second-order valence-electron chi connectivity index (χ2n) is 6.11. The SMILES string of the molecule is CCN(CC)C(C)(CC)C(N)Cc1ccc(C)c(C)c1. The molecule has 0 aliphatic rings. The van der Waals surface area contributed by atoms with Crippen LogP contribution in [0.2, 0.25) is 0 Å². The molecule has 20 heavy (non-hydrogen) atoms. The van der Waals surface area contributed by atoms with Crippen molar-refractivity contribution < 1.29 is 0 Å². The van der Waals surface area contributed by atoms with E-state index in [2.05, 4.69) is 64.6 Å². The first-order chi connectivity index (χ1) is 9.38. The summed E-state index contributed by atoms with van der Waals surface area (Å²) in [5, 5.41) is 0. The minimum Gasteiger partial charge on any atom is -0.326 e. The quantitative estimate of drug-likeness (QED) is 0.823. The predicted octanol–water partition coefficient (Wildman–Crippen LogP) is 3.68. The average molecular weight is 276 g/mol. The van der Waals surface area contributed by atoms with Crippen molar-refractivity contribution in [1.29, 1.82) is 0 Å². The highest BCUT2D eigenvalue weighted by Crippen LogP contribution is 2.25. The molecule has 1 aromatic rings. The molecule has 0 spiro atoms. The monoisotopic (exact) mass is 276 g/mol. The summed E-state index contributed by atoms with van der Waals surface area (Å²) in [6, 6.07) is 6.88. The molecule has 0 heterocycles. The van der Waals surface area contributed by atoms with Gasteiger partial charge in [-0.3, -0.25) is 4.90 Å². The van der Waals surface area contributed by atoms with Gasteiger partial charge >= 0.3 is 0 Å². The number of hydrogen-bond acceptors (Lipinski definition) is 2. The van der Waals surface area contributed by atoms with Gasteiger partial charge in [-0.05, 0) is 63.4 Å². The minimum absolute atomic E-state index is 0.0717. The van der Waals surface area contributed by atoms with E-state index in [-0.39, 0.29) is 11.6 Å². The van der Waals surface area contributed by atoms with E-state index in [1.165, 1.54) is 16.7 Å². The van der Waals surface area contributed by atoms with Gasteiger partial charge in [0.25, 0.3) is 0 Å². The lowest BCUT2D eigenvalue weighted by Gasteiger charge is -2.44. The number of nitrogens with two attached hydrogens (primary N) is 1. The molecule has 0 aliphatic carbocycles. The highest BCUT2D eigenvalue weighted by molar-refractivity contribution is 5.30. The molecule has 2 unspecified atom stereocenters. The molecule has 114 valence electrons. The van der Waals surface area contributed by atoms with Crippen LogP contribution in [0.3, 0.4) is 0 Å². The number of benzene rings is 1. The Labute approximate surface area is 125 Å². The Bertz CT molecular complexity index is 423. The Balaban J connectivity index is 2.91. The molecule has 0 bridgehead atoms. The first-order valence-corrected chi connectivity index (χ1v) is 7.95. The maximum Gasteiger partial charge on any atom is 0.0332 e. The number of likely N-dealkylation sites (N-methyl/N-ethyl adjacent to an activating group) is 1. The fourth-order valence-corrected chi connectivity index (χ4v) is 3.07. The zero-order chi connectivity index (χ0) is 15.3. The van der Waals surface area contributed by atoms with E-state index >= 15 is 0 Å². The van der Waals surface area contributed by atoms with Gasteiger partial charge in [0.15, 0.2) is 0 Å². The van der Waals surface area contributed by atoms with Crippen LogP contribution in [0.4, 0.5) is 0 Å². The Kier molecular flexibility index (Phi) is 6.22. The van der Waals surface area contributed by atoms with Crippen molar-refractivity contribution in [3.63, 3.8) is 0 Å².